The van der Waals surface area contributed by atoms with E-state index in [0.717, 1.165) is 31.6 Å². The van der Waals surface area contributed by atoms with Crippen LogP contribution in [0.25, 0.3) is 0 Å². The van der Waals surface area contributed by atoms with Gasteiger partial charge < -0.3 is 15.1 Å². The van der Waals surface area contributed by atoms with Gasteiger partial charge in [-0.25, -0.2) is 0 Å². The van der Waals surface area contributed by atoms with Crippen LogP contribution in [0.15, 0.2) is 30.3 Å². The van der Waals surface area contributed by atoms with Crippen LogP contribution in [0.1, 0.15) is 32.6 Å². The standard InChI is InChI=1S/C20H29N3O2/c1-15(16-8-11-21-12-9-16)14-19(24)22(2)18-10-13-23(20(18)25)17-6-4-3-5-7-17/h3-7,15-16,18,21H,8-14H2,1-2H3. The summed E-state index contributed by atoms with van der Waals surface area (Å²) in [6.07, 6.45) is 3.53. The van der Waals surface area contributed by atoms with Gasteiger partial charge in [0.25, 0.3) is 0 Å². The van der Waals surface area contributed by atoms with E-state index in [1.54, 1.807) is 16.8 Å². The minimum absolute atomic E-state index is 0.0385. The van der Waals surface area contributed by atoms with Crippen LogP contribution < -0.4 is 10.2 Å². The highest BCUT2D eigenvalue weighted by Crippen LogP contribution is 2.27. The smallest absolute Gasteiger partial charge is 0.249 e. The number of nitrogens with zero attached hydrogens (tertiary/aromatic N) is 2. The number of nitrogens with one attached hydrogen (secondary N) is 1. The zero-order valence-electron chi connectivity index (χ0n) is 15.3. The Labute approximate surface area is 150 Å². The molecule has 2 atom stereocenters. The van der Waals surface area contributed by atoms with E-state index in [2.05, 4.69) is 12.2 Å². The molecule has 2 saturated heterocycles. The summed E-state index contributed by atoms with van der Waals surface area (Å²) in [6.45, 7) is 4.95. The van der Waals surface area contributed by atoms with Crippen LogP contribution in [0.4, 0.5) is 5.69 Å². The molecule has 2 unspecified atom stereocenters. The van der Waals surface area contributed by atoms with Crippen LogP contribution in [0.2, 0.25) is 0 Å². The van der Waals surface area contributed by atoms with Crippen molar-refractivity contribution in [1.29, 1.82) is 0 Å². The molecule has 3 rings (SSSR count). The Kier molecular flexibility index (Phi) is 5.74. The van der Waals surface area contributed by atoms with Crippen molar-refractivity contribution in [3.05, 3.63) is 30.3 Å². The van der Waals surface area contributed by atoms with Crippen molar-refractivity contribution in [3.63, 3.8) is 0 Å². The predicted octanol–water partition coefficient (Wildman–Crippen LogP) is 2.28. The van der Waals surface area contributed by atoms with Gasteiger partial charge in [-0.3, -0.25) is 9.59 Å². The molecule has 0 aromatic heterocycles. The van der Waals surface area contributed by atoms with Gasteiger partial charge >= 0.3 is 0 Å². The number of likely N-dealkylation sites (N-methyl/N-ethyl adjacent to an activating group) is 1. The van der Waals surface area contributed by atoms with Crippen LogP contribution >= 0.6 is 0 Å². The first kappa shape index (κ1) is 17.9. The molecule has 25 heavy (non-hydrogen) atoms. The van der Waals surface area contributed by atoms with E-state index in [9.17, 15) is 9.59 Å². The number of hydrogen-bond donors (Lipinski definition) is 1. The zero-order valence-corrected chi connectivity index (χ0v) is 15.3. The Balaban J connectivity index is 1.58. The summed E-state index contributed by atoms with van der Waals surface area (Å²) in [4.78, 5) is 29.0. The summed E-state index contributed by atoms with van der Waals surface area (Å²) in [6, 6.07) is 9.38. The maximum Gasteiger partial charge on any atom is 0.249 e. The van der Waals surface area contributed by atoms with Gasteiger partial charge in [-0.1, -0.05) is 25.1 Å². The van der Waals surface area contributed by atoms with Crippen molar-refractivity contribution in [2.24, 2.45) is 11.8 Å². The van der Waals surface area contributed by atoms with Gasteiger partial charge in [0.2, 0.25) is 11.8 Å². The Hall–Kier alpha value is -1.88. The van der Waals surface area contributed by atoms with Gasteiger partial charge in [0.15, 0.2) is 0 Å². The fourth-order valence-electron chi connectivity index (χ4n) is 4.06. The van der Waals surface area contributed by atoms with E-state index >= 15 is 0 Å². The number of anilines is 1. The minimum Gasteiger partial charge on any atom is -0.334 e. The molecule has 0 spiro atoms. The highest BCUT2D eigenvalue weighted by atomic mass is 16.2. The van der Waals surface area contributed by atoms with E-state index in [1.807, 2.05) is 30.3 Å². The van der Waals surface area contributed by atoms with Crippen molar-refractivity contribution in [2.45, 2.75) is 38.6 Å². The first-order valence-electron chi connectivity index (χ1n) is 9.40. The lowest BCUT2D eigenvalue weighted by Gasteiger charge is -2.30. The summed E-state index contributed by atoms with van der Waals surface area (Å²) in [5, 5.41) is 3.37. The maximum atomic E-state index is 12.8. The second-order valence-electron chi connectivity index (χ2n) is 7.40. The molecule has 2 amide bonds. The molecule has 5 heteroatoms. The third kappa shape index (κ3) is 4.03. The Bertz CT molecular complexity index is 598. The lowest BCUT2D eigenvalue weighted by atomic mass is 9.84. The lowest BCUT2D eigenvalue weighted by Crippen LogP contribution is -2.44. The third-order valence-electron chi connectivity index (χ3n) is 5.79. The quantitative estimate of drug-likeness (QED) is 0.892. The highest BCUT2D eigenvalue weighted by molar-refractivity contribution is 6.01. The summed E-state index contributed by atoms with van der Waals surface area (Å²) in [5.74, 6) is 1.12. The average Bonchev–Trinajstić information content (AvgIpc) is 3.03. The molecule has 136 valence electrons. The van der Waals surface area contributed by atoms with Gasteiger partial charge in [-0.2, -0.15) is 0 Å². The maximum absolute atomic E-state index is 12.8. The first-order chi connectivity index (χ1) is 12.1. The largest absolute Gasteiger partial charge is 0.334 e. The first-order valence-corrected chi connectivity index (χ1v) is 9.40. The van der Waals surface area contributed by atoms with Crippen LogP contribution in [0.5, 0.6) is 0 Å². The van der Waals surface area contributed by atoms with Crippen molar-refractivity contribution < 1.29 is 9.59 Å². The molecule has 2 aliphatic heterocycles. The van der Waals surface area contributed by atoms with Crippen molar-refractivity contribution >= 4 is 17.5 Å². The Morgan fingerprint density at radius 2 is 1.92 bits per heavy atom. The molecule has 0 bridgehead atoms. The molecule has 2 aliphatic rings. The zero-order chi connectivity index (χ0) is 17.8. The van der Waals surface area contributed by atoms with Gasteiger partial charge in [-0.15, -0.1) is 0 Å². The SMILES string of the molecule is CC(CC(=O)N(C)C1CCN(c2ccccc2)C1=O)C1CCNCC1. The fourth-order valence-corrected chi connectivity index (χ4v) is 4.06. The van der Waals surface area contributed by atoms with Crippen molar-refractivity contribution in [3.8, 4) is 0 Å². The van der Waals surface area contributed by atoms with Crippen molar-refractivity contribution in [1.82, 2.24) is 10.2 Å². The third-order valence-corrected chi connectivity index (χ3v) is 5.79. The second kappa shape index (κ2) is 8.00. The molecule has 0 aliphatic carbocycles. The second-order valence-corrected chi connectivity index (χ2v) is 7.40. The van der Waals surface area contributed by atoms with Gasteiger partial charge in [0.1, 0.15) is 6.04 Å². The normalized spacial score (nSPS) is 22.9. The monoisotopic (exact) mass is 343 g/mol. The number of piperidine rings is 1. The number of hydrogen-bond acceptors (Lipinski definition) is 3. The Morgan fingerprint density at radius 1 is 1.24 bits per heavy atom. The van der Waals surface area contributed by atoms with Crippen LogP contribution in [-0.2, 0) is 9.59 Å². The average molecular weight is 343 g/mol. The van der Waals surface area contributed by atoms with E-state index in [-0.39, 0.29) is 17.9 Å². The Morgan fingerprint density at radius 3 is 2.60 bits per heavy atom. The van der Waals surface area contributed by atoms with Crippen LogP contribution in [0.3, 0.4) is 0 Å². The van der Waals surface area contributed by atoms with E-state index in [1.165, 1.54) is 0 Å². The highest BCUT2D eigenvalue weighted by Gasteiger charge is 2.37. The molecule has 1 aromatic rings. The summed E-state index contributed by atoms with van der Waals surface area (Å²) < 4.78 is 0. The van der Waals surface area contributed by atoms with E-state index < -0.39 is 0 Å². The molecular formula is C20H29N3O2. The van der Waals surface area contributed by atoms with Gasteiger partial charge in [0, 0.05) is 25.7 Å². The number of carbonyl (C=O) groups is 2. The summed E-state index contributed by atoms with van der Waals surface area (Å²) >= 11 is 0. The number of benzene rings is 1. The summed E-state index contributed by atoms with van der Waals surface area (Å²) in [5.41, 5.74) is 0.916. The molecular weight excluding hydrogens is 314 g/mol. The molecule has 5 nitrogen and oxygen atoms in total. The van der Waals surface area contributed by atoms with Gasteiger partial charge in [-0.05, 0) is 56.3 Å². The van der Waals surface area contributed by atoms with Crippen LogP contribution in [0, 0.1) is 11.8 Å². The topological polar surface area (TPSA) is 52.7 Å². The van der Waals surface area contributed by atoms with E-state index in [4.69, 9.17) is 0 Å². The minimum atomic E-state index is -0.326. The molecule has 0 saturated carbocycles. The molecule has 2 fully saturated rings. The molecule has 1 aromatic carbocycles. The predicted molar refractivity (Wildman–Crippen MR) is 99.3 cm³/mol. The lowest BCUT2D eigenvalue weighted by molar-refractivity contribution is -0.137. The number of carbonyl (C=O) groups excluding carboxylic acids is 2. The molecule has 0 radical (unpaired) electrons. The van der Waals surface area contributed by atoms with Gasteiger partial charge in [0.05, 0.1) is 0 Å². The van der Waals surface area contributed by atoms with E-state index in [0.29, 0.717) is 31.2 Å². The number of amides is 2. The summed E-state index contributed by atoms with van der Waals surface area (Å²) in [7, 11) is 1.79. The number of rotatable bonds is 5. The fraction of sp³-hybridized carbons (Fsp3) is 0.600. The van der Waals surface area contributed by atoms with Crippen LogP contribution in [-0.4, -0.2) is 49.4 Å². The van der Waals surface area contributed by atoms with Crippen molar-refractivity contribution in [2.75, 3.05) is 31.6 Å². The molecule has 1 N–H and O–H groups in total. The molecule has 2 heterocycles. The number of para-hydroxylation sites is 1.